The molecule has 2 aromatic carbocycles. The van der Waals surface area contributed by atoms with Gasteiger partial charge in [0.05, 0.1) is 6.54 Å². The molecule has 1 amide bonds. The Bertz CT molecular complexity index is 1370. The van der Waals surface area contributed by atoms with Crippen molar-refractivity contribution in [2.75, 3.05) is 49.3 Å². The molecule has 0 radical (unpaired) electrons. The summed E-state index contributed by atoms with van der Waals surface area (Å²) >= 11 is 0. The van der Waals surface area contributed by atoms with E-state index < -0.39 is 0 Å². The van der Waals surface area contributed by atoms with Gasteiger partial charge < -0.3 is 24.6 Å². The fourth-order valence-corrected chi connectivity index (χ4v) is 5.01. The van der Waals surface area contributed by atoms with Gasteiger partial charge in [0, 0.05) is 67.9 Å². The molecule has 37 heavy (non-hydrogen) atoms. The van der Waals surface area contributed by atoms with Crippen LogP contribution in [0.1, 0.15) is 25.3 Å². The number of fused-ring (bicyclic) bond motifs is 1. The summed E-state index contributed by atoms with van der Waals surface area (Å²) in [4.78, 5) is 27.8. The molecule has 1 saturated heterocycles. The van der Waals surface area contributed by atoms with Crippen LogP contribution in [0.25, 0.3) is 11.0 Å². The Kier molecular flexibility index (Phi) is 7.10. The van der Waals surface area contributed by atoms with Crippen molar-refractivity contribution in [1.82, 2.24) is 19.4 Å². The van der Waals surface area contributed by atoms with E-state index >= 15 is 0 Å². The van der Waals surface area contributed by atoms with Crippen LogP contribution in [0.3, 0.4) is 0 Å². The summed E-state index contributed by atoms with van der Waals surface area (Å²) in [6.07, 6.45) is 6.24. The molecule has 8 heteroatoms. The molecule has 0 unspecified atom stereocenters. The molecule has 8 nitrogen and oxygen atoms in total. The van der Waals surface area contributed by atoms with Gasteiger partial charge in [-0.3, -0.25) is 4.79 Å². The van der Waals surface area contributed by atoms with Crippen molar-refractivity contribution in [3.63, 3.8) is 0 Å². The van der Waals surface area contributed by atoms with Gasteiger partial charge in [-0.25, -0.2) is 4.98 Å². The zero-order valence-electron chi connectivity index (χ0n) is 22.1. The molecular weight excluding hydrogens is 462 g/mol. The summed E-state index contributed by atoms with van der Waals surface area (Å²) in [5, 5.41) is 4.33. The molecule has 2 aromatic heterocycles. The van der Waals surface area contributed by atoms with E-state index in [-0.39, 0.29) is 5.91 Å². The fraction of sp³-hybridized carbons (Fsp3) is 0.345. The SMILES string of the molecule is CC(=O)N(C)c1ccccc1Cn1ccc2cnc(Nc3ccc(N4CCC(N(C)C)CC4)cc3)nc21. The van der Waals surface area contributed by atoms with Crippen LogP contribution in [-0.4, -0.2) is 65.6 Å². The van der Waals surface area contributed by atoms with Crippen LogP contribution < -0.4 is 15.1 Å². The van der Waals surface area contributed by atoms with Crippen molar-refractivity contribution in [2.24, 2.45) is 0 Å². The molecule has 1 N–H and O–H groups in total. The van der Waals surface area contributed by atoms with Crippen LogP contribution in [0.2, 0.25) is 0 Å². The van der Waals surface area contributed by atoms with Crippen molar-refractivity contribution in [1.29, 1.82) is 0 Å². The molecule has 0 bridgehead atoms. The first kappa shape index (κ1) is 24.8. The Balaban J connectivity index is 1.31. The summed E-state index contributed by atoms with van der Waals surface area (Å²) in [6.45, 7) is 4.34. The molecule has 0 saturated carbocycles. The second kappa shape index (κ2) is 10.6. The zero-order chi connectivity index (χ0) is 25.9. The molecule has 0 aliphatic carbocycles. The van der Waals surface area contributed by atoms with E-state index in [2.05, 4.69) is 63.0 Å². The van der Waals surface area contributed by atoms with Crippen LogP contribution in [0.15, 0.2) is 67.0 Å². The first-order valence-electron chi connectivity index (χ1n) is 12.8. The first-order chi connectivity index (χ1) is 17.9. The average molecular weight is 498 g/mol. The number of benzene rings is 2. The minimum Gasteiger partial charge on any atom is -0.371 e. The average Bonchev–Trinajstić information content (AvgIpc) is 3.31. The number of hydrogen-bond donors (Lipinski definition) is 1. The number of amides is 1. The number of hydrogen-bond acceptors (Lipinski definition) is 6. The monoisotopic (exact) mass is 497 g/mol. The quantitative estimate of drug-likeness (QED) is 0.398. The Morgan fingerprint density at radius 3 is 2.46 bits per heavy atom. The minimum absolute atomic E-state index is 0.00249. The summed E-state index contributed by atoms with van der Waals surface area (Å²) in [7, 11) is 6.14. The number of rotatable bonds is 7. The molecule has 4 aromatic rings. The predicted molar refractivity (Wildman–Crippen MR) is 151 cm³/mol. The standard InChI is InChI=1S/C29H35N7O/c1-21(37)34(4)27-8-6-5-7-23(27)20-36-16-13-22-19-30-29(32-28(22)36)31-24-9-11-26(12-10-24)35-17-14-25(15-18-35)33(2)3/h5-13,16,19,25H,14-15,17-18,20H2,1-4H3,(H,30,31,32). The van der Waals surface area contributed by atoms with E-state index in [1.54, 1.807) is 18.9 Å². The van der Waals surface area contributed by atoms with Crippen molar-refractivity contribution < 1.29 is 4.79 Å². The van der Waals surface area contributed by atoms with Crippen molar-refractivity contribution in [3.8, 4) is 0 Å². The number of para-hydroxylation sites is 1. The van der Waals surface area contributed by atoms with Gasteiger partial charge >= 0.3 is 0 Å². The van der Waals surface area contributed by atoms with E-state index in [1.807, 2.05) is 42.7 Å². The minimum atomic E-state index is 0.00249. The fourth-order valence-electron chi connectivity index (χ4n) is 5.01. The van der Waals surface area contributed by atoms with Gasteiger partial charge in [-0.1, -0.05) is 18.2 Å². The molecule has 3 heterocycles. The second-order valence-electron chi connectivity index (χ2n) is 9.98. The highest BCUT2D eigenvalue weighted by Crippen LogP contribution is 2.26. The van der Waals surface area contributed by atoms with Crippen LogP contribution in [0.5, 0.6) is 0 Å². The maximum atomic E-state index is 12.0. The largest absolute Gasteiger partial charge is 0.371 e. The number of nitrogens with one attached hydrogen (secondary N) is 1. The number of carbonyl (C=O) groups is 1. The topological polar surface area (TPSA) is 69.5 Å². The molecule has 0 spiro atoms. The van der Waals surface area contributed by atoms with Gasteiger partial charge in [0.15, 0.2) is 0 Å². The van der Waals surface area contributed by atoms with Crippen LogP contribution in [0, 0.1) is 0 Å². The second-order valence-corrected chi connectivity index (χ2v) is 9.98. The Hall–Kier alpha value is -3.91. The normalized spacial score (nSPS) is 14.4. The smallest absolute Gasteiger partial charge is 0.229 e. The highest BCUT2D eigenvalue weighted by Gasteiger charge is 2.20. The van der Waals surface area contributed by atoms with Crippen LogP contribution >= 0.6 is 0 Å². The summed E-state index contributed by atoms with van der Waals surface area (Å²) in [5.74, 6) is 0.559. The van der Waals surface area contributed by atoms with E-state index in [0.29, 0.717) is 18.5 Å². The summed E-state index contributed by atoms with van der Waals surface area (Å²) in [5.41, 5.74) is 5.00. The Morgan fingerprint density at radius 2 is 1.76 bits per heavy atom. The lowest BCUT2D eigenvalue weighted by molar-refractivity contribution is -0.116. The van der Waals surface area contributed by atoms with Crippen molar-refractivity contribution >= 4 is 40.0 Å². The van der Waals surface area contributed by atoms with Gasteiger partial charge in [0.25, 0.3) is 0 Å². The molecular formula is C29H35N7O. The third-order valence-electron chi connectivity index (χ3n) is 7.35. The van der Waals surface area contributed by atoms with Gasteiger partial charge in [-0.05, 0) is 68.9 Å². The third kappa shape index (κ3) is 5.44. The summed E-state index contributed by atoms with van der Waals surface area (Å²) in [6, 6.07) is 19.2. The lowest BCUT2D eigenvalue weighted by atomic mass is 10.0. The Labute approximate surface area is 218 Å². The lowest BCUT2D eigenvalue weighted by Gasteiger charge is -2.36. The molecule has 1 aliphatic rings. The van der Waals surface area contributed by atoms with Gasteiger partial charge in [0.1, 0.15) is 5.65 Å². The molecule has 1 fully saturated rings. The number of piperidine rings is 1. The van der Waals surface area contributed by atoms with E-state index in [1.165, 1.54) is 18.5 Å². The maximum absolute atomic E-state index is 12.0. The van der Waals surface area contributed by atoms with Crippen molar-refractivity contribution in [3.05, 3.63) is 72.6 Å². The molecule has 1 aliphatic heterocycles. The Morgan fingerprint density at radius 1 is 1.03 bits per heavy atom. The molecule has 0 atom stereocenters. The van der Waals surface area contributed by atoms with E-state index in [0.717, 1.165) is 41.1 Å². The predicted octanol–water partition coefficient (Wildman–Crippen LogP) is 4.74. The van der Waals surface area contributed by atoms with E-state index in [9.17, 15) is 4.79 Å². The summed E-state index contributed by atoms with van der Waals surface area (Å²) < 4.78 is 2.09. The first-order valence-corrected chi connectivity index (χ1v) is 12.8. The highest BCUT2D eigenvalue weighted by molar-refractivity contribution is 5.91. The number of nitrogens with zero attached hydrogens (tertiary/aromatic N) is 6. The number of anilines is 4. The number of carbonyl (C=O) groups excluding carboxylic acids is 1. The zero-order valence-corrected chi connectivity index (χ0v) is 22.1. The van der Waals surface area contributed by atoms with Crippen LogP contribution in [0.4, 0.5) is 23.0 Å². The van der Waals surface area contributed by atoms with Crippen molar-refractivity contribution in [2.45, 2.75) is 32.4 Å². The van der Waals surface area contributed by atoms with Gasteiger partial charge in [-0.15, -0.1) is 0 Å². The van der Waals surface area contributed by atoms with Gasteiger partial charge in [0.2, 0.25) is 11.9 Å². The molecule has 192 valence electrons. The van der Waals surface area contributed by atoms with Gasteiger partial charge in [-0.2, -0.15) is 4.98 Å². The van der Waals surface area contributed by atoms with Crippen LogP contribution in [-0.2, 0) is 11.3 Å². The van der Waals surface area contributed by atoms with E-state index in [4.69, 9.17) is 4.98 Å². The lowest BCUT2D eigenvalue weighted by Crippen LogP contribution is -2.41. The maximum Gasteiger partial charge on any atom is 0.229 e. The number of aromatic nitrogens is 3. The molecule has 5 rings (SSSR count). The third-order valence-corrected chi connectivity index (χ3v) is 7.35. The highest BCUT2D eigenvalue weighted by atomic mass is 16.2.